The number of nitrogens with zero attached hydrogens (tertiary/aromatic N) is 2. The number of rotatable bonds is 4. The summed E-state index contributed by atoms with van der Waals surface area (Å²) in [6, 6.07) is 4.78. The highest BCUT2D eigenvalue weighted by atomic mass is 32.1. The van der Waals surface area contributed by atoms with Gasteiger partial charge in [-0.15, -0.1) is 11.3 Å². The van der Waals surface area contributed by atoms with Crippen LogP contribution < -0.4 is 0 Å². The standard InChI is InChI=1S/C18H30N2O2S/c1-14(16-7-6-12-23-16)19(5)13-15-8-10-20(11-9-15)17(21)22-18(2,3)4/h6-7,12,14-15H,8-11,13H2,1-5H3. The smallest absolute Gasteiger partial charge is 0.410 e. The van der Waals surface area contributed by atoms with Gasteiger partial charge in [-0.3, -0.25) is 4.90 Å². The lowest BCUT2D eigenvalue weighted by Crippen LogP contribution is -2.43. The monoisotopic (exact) mass is 338 g/mol. The normalized spacial score (nSPS) is 18.3. The van der Waals surface area contributed by atoms with Gasteiger partial charge in [-0.05, 0) is 64.9 Å². The molecule has 130 valence electrons. The van der Waals surface area contributed by atoms with Crippen LogP contribution in [0.3, 0.4) is 0 Å². The van der Waals surface area contributed by atoms with Crippen LogP contribution in [-0.4, -0.2) is 48.2 Å². The number of hydrogen-bond acceptors (Lipinski definition) is 4. The fourth-order valence-corrected chi connectivity index (χ4v) is 3.78. The molecule has 0 bridgehead atoms. The molecule has 1 atom stereocenters. The quantitative estimate of drug-likeness (QED) is 0.816. The molecular weight excluding hydrogens is 308 g/mol. The minimum Gasteiger partial charge on any atom is -0.444 e. The maximum absolute atomic E-state index is 12.1. The van der Waals surface area contributed by atoms with Gasteiger partial charge in [-0.25, -0.2) is 4.79 Å². The van der Waals surface area contributed by atoms with Crippen LogP contribution in [0.2, 0.25) is 0 Å². The Morgan fingerprint density at radius 3 is 2.61 bits per heavy atom. The fraction of sp³-hybridized carbons (Fsp3) is 0.722. The Hall–Kier alpha value is -1.07. The molecule has 5 heteroatoms. The molecule has 4 nitrogen and oxygen atoms in total. The second kappa shape index (κ2) is 7.67. The van der Waals surface area contributed by atoms with Crippen molar-refractivity contribution in [3.8, 4) is 0 Å². The molecule has 0 saturated carbocycles. The predicted molar refractivity (Wildman–Crippen MR) is 95.9 cm³/mol. The number of hydrogen-bond donors (Lipinski definition) is 0. The average molecular weight is 339 g/mol. The highest BCUT2D eigenvalue weighted by Gasteiger charge is 2.28. The van der Waals surface area contributed by atoms with E-state index in [4.69, 9.17) is 4.74 Å². The lowest BCUT2D eigenvalue weighted by molar-refractivity contribution is 0.0168. The third-order valence-electron chi connectivity index (χ3n) is 4.43. The molecule has 0 aliphatic carbocycles. The van der Waals surface area contributed by atoms with Gasteiger partial charge in [0, 0.05) is 30.6 Å². The number of amides is 1. The Balaban J connectivity index is 1.77. The van der Waals surface area contributed by atoms with Crippen molar-refractivity contribution >= 4 is 17.4 Å². The van der Waals surface area contributed by atoms with E-state index in [-0.39, 0.29) is 6.09 Å². The van der Waals surface area contributed by atoms with Crippen molar-refractivity contribution in [2.45, 2.75) is 52.2 Å². The van der Waals surface area contributed by atoms with Crippen molar-refractivity contribution in [2.24, 2.45) is 5.92 Å². The number of ether oxygens (including phenoxy) is 1. The van der Waals surface area contributed by atoms with Gasteiger partial charge in [-0.1, -0.05) is 6.07 Å². The molecule has 0 radical (unpaired) electrons. The summed E-state index contributed by atoms with van der Waals surface area (Å²) in [4.78, 5) is 17.8. The SMILES string of the molecule is CC(c1cccs1)N(C)CC1CCN(C(=O)OC(C)(C)C)CC1. The Morgan fingerprint density at radius 1 is 1.43 bits per heavy atom. The third kappa shape index (κ3) is 5.50. The Morgan fingerprint density at radius 2 is 2.09 bits per heavy atom. The molecule has 1 aromatic heterocycles. The first-order valence-corrected chi connectivity index (χ1v) is 9.36. The van der Waals surface area contributed by atoms with Gasteiger partial charge in [0.2, 0.25) is 0 Å². The summed E-state index contributed by atoms with van der Waals surface area (Å²) >= 11 is 1.82. The van der Waals surface area contributed by atoms with Gasteiger partial charge in [0.15, 0.2) is 0 Å². The molecule has 1 aliphatic heterocycles. The van der Waals surface area contributed by atoms with E-state index < -0.39 is 5.60 Å². The molecule has 1 aromatic rings. The molecule has 0 N–H and O–H groups in total. The van der Waals surface area contributed by atoms with Crippen molar-refractivity contribution in [1.82, 2.24) is 9.80 Å². The minimum absolute atomic E-state index is 0.170. The molecule has 23 heavy (non-hydrogen) atoms. The summed E-state index contributed by atoms with van der Waals surface area (Å²) < 4.78 is 5.46. The van der Waals surface area contributed by atoms with E-state index in [1.54, 1.807) is 0 Å². The van der Waals surface area contributed by atoms with E-state index in [0.717, 1.165) is 32.5 Å². The highest BCUT2D eigenvalue weighted by molar-refractivity contribution is 7.10. The van der Waals surface area contributed by atoms with Gasteiger partial charge >= 0.3 is 6.09 Å². The second-order valence-corrected chi connectivity index (χ2v) is 8.52. The van der Waals surface area contributed by atoms with Crippen LogP contribution in [0.4, 0.5) is 4.79 Å². The second-order valence-electron chi connectivity index (χ2n) is 7.54. The molecule has 1 aliphatic rings. The Labute approximate surface area is 144 Å². The molecule has 1 amide bonds. The molecule has 1 fully saturated rings. The third-order valence-corrected chi connectivity index (χ3v) is 5.47. The molecule has 0 spiro atoms. The van der Waals surface area contributed by atoms with Crippen LogP contribution in [0.25, 0.3) is 0 Å². The van der Waals surface area contributed by atoms with Gasteiger partial charge in [0.05, 0.1) is 0 Å². The van der Waals surface area contributed by atoms with Crippen LogP contribution in [0.1, 0.15) is 51.5 Å². The van der Waals surface area contributed by atoms with E-state index in [1.165, 1.54) is 4.88 Å². The first kappa shape index (κ1) is 18.3. The zero-order chi connectivity index (χ0) is 17.0. The zero-order valence-corrected chi connectivity index (χ0v) is 15.9. The van der Waals surface area contributed by atoms with Crippen molar-refractivity contribution in [2.75, 3.05) is 26.7 Å². The van der Waals surface area contributed by atoms with Crippen molar-refractivity contribution in [3.63, 3.8) is 0 Å². The number of likely N-dealkylation sites (tertiary alicyclic amines) is 1. The van der Waals surface area contributed by atoms with Gasteiger partial charge in [-0.2, -0.15) is 0 Å². The van der Waals surface area contributed by atoms with E-state index in [0.29, 0.717) is 12.0 Å². The summed E-state index contributed by atoms with van der Waals surface area (Å²) in [5.74, 6) is 0.654. The predicted octanol–water partition coefficient (Wildman–Crippen LogP) is 4.39. The topological polar surface area (TPSA) is 32.8 Å². The van der Waals surface area contributed by atoms with Gasteiger partial charge < -0.3 is 9.64 Å². The van der Waals surface area contributed by atoms with Crippen LogP contribution in [0, 0.1) is 5.92 Å². The first-order chi connectivity index (χ1) is 10.8. The number of carbonyl (C=O) groups excluding carboxylic acids is 1. The summed E-state index contributed by atoms with van der Waals surface area (Å²) in [5.41, 5.74) is -0.412. The average Bonchev–Trinajstić information content (AvgIpc) is 2.99. The van der Waals surface area contributed by atoms with E-state index in [9.17, 15) is 4.79 Å². The Bertz CT molecular complexity index is 488. The first-order valence-electron chi connectivity index (χ1n) is 8.48. The van der Waals surface area contributed by atoms with Crippen LogP contribution in [0.5, 0.6) is 0 Å². The van der Waals surface area contributed by atoms with E-state index in [2.05, 4.69) is 36.4 Å². The lowest BCUT2D eigenvalue weighted by atomic mass is 9.96. The van der Waals surface area contributed by atoms with E-state index in [1.807, 2.05) is 37.0 Å². The number of carbonyl (C=O) groups is 1. The highest BCUT2D eigenvalue weighted by Crippen LogP contribution is 2.26. The van der Waals surface area contributed by atoms with Gasteiger partial charge in [0.25, 0.3) is 0 Å². The number of thiophene rings is 1. The molecular formula is C18H30N2O2S. The molecule has 1 saturated heterocycles. The number of piperidine rings is 1. The van der Waals surface area contributed by atoms with Crippen LogP contribution in [-0.2, 0) is 4.74 Å². The van der Waals surface area contributed by atoms with Crippen LogP contribution in [0.15, 0.2) is 17.5 Å². The van der Waals surface area contributed by atoms with E-state index >= 15 is 0 Å². The molecule has 2 heterocycles. The maximum atomic E-state index is 12.1. The minimum atomic E-state index is -0.412. The van der Waals surface area contributed by atoms with Crippen molar-refractivity contribution in [3.05, 3.63) is 22.4 Å². The molecule has 1 unspecified atom stereocenters. The van der Waals surface area contributed by atoms with Gasteiger partial charge in [0.1, 0.15) is 5.60 Å². The fourth-order valence-electron chi connectivity index (χ4n) is 2.94. The summed E-state index contributed by atoms with van der Waals surface area (Å²) in [6.45, 7) is 10.7. The molecule has 0 aromatic carbocycles. The summed E-state index contributed by atoms with van der Waals surface area (Å²) in [7, 11) is 2.20. The lowest BCUT2D eigenvalue weighted by Gasteiger charge is -2.36. The summed E-state index contributed by atoms with van der Waals surface area (Å²) in [5, 5.41) is 2.14. The zero-order valence-electron chi connectivity index (χ0n) is 15.0. The van der Waals surface area contributed by atoms with Crippen molar-refractivity contribution < 1.29 is 9.53 Å². The summed E-state index contributed by atoms with van der Waals surface area (Å²) in [6.07, 6.45) is 1.94. The van der Waals surface area contributed by atoms with Crippen LogP contribution >= 0.6 is 11.3 Å². The maximum Gasteiger partial charge on any atom is 0.410 e. The molecule has 2 rings (SSSR count). The van der Waals surface area contributed by atoms with Crippen molar-refractivity contribution in [1.29, 1.82) is 0 Å². The largest absolute Gasteiger partial charge is 0.444 e. The Kier molecular flexibility index (Phi) is 6.09.